The molecule has 4 heteroatoms. The molecule has 2 fully saturated rings. The molecule has 2 heterocycles. The smallest absolute Gasteiger partial charge is 0.0798 e. The SMILES string of the molecule is CN1CCC(O)(CN2CCNCC2)CC1. The van der Waals surface area contributed by atoms with Gasteiger partial charge in [-0.2, -0.15) is 0 Å². The molecule has 2 aliphatic heterocycles. The average Bonchev–Trinajstić information content (AvgIpc) is 2.24. The van der Waals surface area contributed by atoms with Gasteiger partial charge in [0.15, 0.2) is 0 Å². The van der Waals surface area contributed by atoms with Crippen LogP contribution in [0.4, 0.5) is 0 Å². The minimum absolute atomic E-state index is 0.427. The number of hydrogen-bond acceptors (Lipinski definition) is 4. The van der Waals surface area contributed by atoms with Crippen LogP contribution in [0.5, 0.6) is 0 Å². The van der Waals surface area contributed by atoms with Crippen LogP contribution in [0.25, 0.3) is 0 Å². The van der Waals surface area contributed by atoms with E-state index in [1.54, 1.807) is 0 Å². The van der Waals surface area contributed by atoms with Crippen molar-refractivity contribution < 1.29 is 5.11 Å². The molecule has 0 amide bonds. The van der Waals surface area contributed by atoms with Gasteiger partial charge in [0.25, 0.3) is 0 Å². The molecular weight excluding hydrogens is 190 g/mol. The van der Waals surface area contributed by atoms with E-state index in [1.807, 2.05) is 0 Å². The molecule has 0 spiro atoms. The van der Waals surface area contributed by atoms with Crippen molar-refractivity contribution in [2.75, 3.05) is 52.9 Å². The topological polar surface area (TPSA) is 38.7 Å². The Morgan fingerprint density at radius 2 is 1.73 bits per heavy atom. The summed E-state index contributed by atoms with van der Waals surface area (Å²) >= 11 is 0. The summed E-state index contributed by atoms with van der Waals surface area (Å²) < 4.78 is 0. The van der Waals surface area contributed by atoms with Gasteiger partial charge in [0.2, 0.25) is 0 Å². The lowest BCUT2D eigenvalue weighted by molar-refractivity contribution is -0.0428. The predicted molar refractivity (Wildman–Crippen MR) is 61.0 cm³/mol. The second-order valence-corrected chi connectivity index (χ2v) is 5.05. The zero-order valence-corrected chi connectivity index (χ0v) is 9.71. The maximum Gasteiger partial charge on any atom is 0.0798 e. The van der Waals surface area contributed by atoms with Gasteiger partial charge in [-0.1, -0.05) is 0 Å². The molecule has 2 aliphatic rings. The molecule has 0 atom stereocenters. The first-order valence-electron chi connectivity index (χ1n) is 6.02. The third kappa shape index (κ3) is 3.14. The molecule has 0 saturated carbocycles. The summed E-state index contributed by atoms with van der Waals surface area (Å²) in [5, 5.41) is 13.8. The first-order valence-corrected chi connectivity index (χ1v) is 6.02. The van der Waals surface area contributed by atoms with E-state index in [1.165, 1.54) is 0 Å². The lowest BCUT2D eigenvalue weighted by atomic mass is 9.91. The molecular formula is C11H23N3O. The van der Waals surface area contributed by atoms with Gasteiger partial charge in [-0.15, -0.1) is 0 Å². The molecule has 4 nitrogen and oxygen atoms in total. The van der Waals surface area contributed by atoms with Crippen LogP contribution in [0.15, 0.2) is 0 Å². The number of nitrogens with zero attached hydrogens (tertiary/aromatic N) is 2. The van der Waals surface area contributed by atoms with Gasteiger partial charge < -0.3 is 15.3 Å². The molecule has 0 aliphatic carbocycles. The molecule has 2 rings (SSSR count). The summed E-state index contributed by atoms with van der Waals surface area (Å²) in [5.74, 6) is 0. The van der Waals surface area contributed by atoms with Gasteiger partial charge in [-0.25, -0.2) is 0 Å². The Bertz CT molecular complexity index is 196. The number of piperazine rings is 1. The van der Waals surface area contributed by atoms with E-state index in [0.29, 0.717) is 0 Å². The fourth-order valence-electron chi connectivity index (χ4n) is 2.48. The van der Waals surface area contributed by atoms with Crippen LogP contribution in [-0.2, 0) is 0 Å². The third-order valence-electron chi connectivity index (χ3n) is 3.65. The van der Waals surface area contributed by atoms with Crippen molar-refractivity contribution in [2.45, 2.75) is 18.4 Å². The maximum atomic E-state index is 10.5. The van der Waals surface area contributed by atoms with Gasteiger partial charge >= 0.3 is 0 Å². The van der Waals surface area contributed by atoms with Crippen molar-refractivity contribution in [3.8, 4) is 0 Å². The molecule has 0 aromatic heterocycles. The number of aliphatic hydroxyl groups is 1. The predicted octanol–water partition coefficient (Wildman–Crippen LogP) is -0.652. The number of likely N-dealkylation sites (tertiary alicyclic amines) is 1. The standard InChI is InChI=1S/C11H23N3O/c1-13-6-2-11(15,3-7-13)10-14-8-4-12-5-9-14/h12,15H,2-10H2,1H3. The van der Waals surface area contributed by atoms with Crippen molar-refractivity contribution in [3.63, 3.8) is 0 Å². The van der Waals surface area contributed by atoms with E-state index in [9.17, 15) is 5.11 Å². The summed E-state index contributed by atoms with van der Waals surface area (Å²) in [4.78, 5) is 4.69. The lowest BCUT2D eigenvalue weighted by Gasteiger charge is -2.41. The minimum atomic E-state index is -0.427. The second-order valence-electron chi connectivity index (χ2n) is 5.05. The number of β-amino-alcohol motifs (C(OH)–C–C–N with tert-alkyl or cyclic N) is 1. The van der Waals surface area contributed by atoms with Crippen LogP contribution < -0.4 is 5.32 Å². The van der Waals surface area contributed by atoms with Crippen LogP contribution >= 0.6 is 0 Å². The van der Waals surface area contributed by atoms with Crippen LogP contribution in [0.2, 0.25) is 0 Å². The molecule has 0 unspecified atom stereocenters. The fraction of sp³-hybridized carbons (Fsp3) is 1.00. The van der Waals surface area contributed by atoms with E-state index >= 15 is 0 Å². The number of nitrogens with one attached hydrogen (secondary N) is 1. The van der Waals surface area contributed by atoms with E-state index < -0.39 is 5.60 Å². The minimum Gasteiger partial charge on any atom is -0.388 e. The van der Waals surface area contributed by atoms with Crippen LogP contribution in [0.3, 0.4) is 0 Å². The Morgan fingerprint density at radius 1 is 1.13 bits per heavy atom. The highest BCUT2D eigenvalue weighted by atomic mass is 16.3. The second kappa shape index (κ2) is 4.78. The normalized spacial score (nSPS) is 29.2. The van der Waals surface area contributed by atoms with Crippen molar-refractivity contribution in [1.82, 2.24) is 15.1 Å². The molecule has 0 aromatic rings. The van der Waals surface area contributed by atoms with Crippen molar-refractivity contribution in [1.29, 1.82) is 0 Å². The average molecular weight is 213 g/mol. The molecule has 0 bridgehead atoms. The zero-order valence-electron chi connectivity index (χ0n) is 9.71. The number of rotatable bonds is 2. The van der Waals surface area contributed by atoms with Gasteiger partial charge in [-0.05, 0) is 19.9 Å². The summed E-state index contributed by atoms with van der Waals surface area (Å²) in [6.45, 7) is 7.22. The van der Waals surface area contributed by atoms with E-state index in [0.717, 1.165) is 58.7 Å². The van der Waals surface area contributed by atoms with Crippen LogP contribution in [-0.4, -0.2) is 73.4 Å². The quantitative estimate of drug-likeness (QED) is 0.639. The highest BCUT2D eigenvalue weighted by Gasteiger charge is 2.33. The maximum absolute atomic E-state index is 10.5. The van der Waals surface area contributed by atoms with E-state index in [2.05, 4.69) is 22.2 Å². The number of hydrogen-bond donors (Lipinski definition) is 2. The highest BCUT2D eigenvalue weighted by Crippen LogP contribution is 2.22. The van der Waals surface area contributed by atoms with Gasteiger partial charge in [0.1, 0.15) is 0 Å². The van der Waals surface area contributed by atoms with Gasteiger partial charge in [0, 0.05) is 45.8 Å². The molecule has 2 N–H and O–H groups in total. The Hall–Kier alpha value is -0.160. The van der Waals surface area contributed by atoms with Crippen LogP contribution in [0, 0.1) is 0 Å². The monoisotopic (exact) mass is 213 g/mol. The first-order chi connectivity index (χ1) is 7.18. The Labute approximate surface area is 92.2 Å². The molecule has 0 radical (unpaired) electrons. The third-order valence-corrected chi connectivity index (χ3v) is 3.65. The molecule has 15 heavy (non-hydrogen) atoms. The highest BCUT2D eigenvalue weighted by molar-refractivity contribution is 4.88. The lowest BCUT2D eigenvalue weighted by Crippen LogP contribution is -2.54. The first kappa shape index (κ1) is 11.3. The Balaban J connectivity index is 1.81. The summed E-state index contributed by atoms with van der Waals surface area (Å²) in [6.07, 6.45) is 1.85. The van der Waals surface area contributed by atoms with Crippen molar-refractivity contribution in [3.05, 3.63) is 0 Å². The molecule has 0 aromatic carbocycles. The number of piperidine rings is 1. The van der Waals surface area contributed by atoms with Crippen LogP contribution in [0.1, 0.15) is 12.8 Å². The zero-order chi connectivity index (χ0) is 10.7. The summed E-state index contributed by atoms with van der Waals surface area (Å²) in [7, 11) is 2.13. The molecule has 88 valence electrons. The fourth-order valence-corrected chi connectivity index (χ4v) is 2.48. The summed E-state index contributed by atoms with van der Waals surface area (Å²) in [6, 6.07) is 0. The van der Waals surface area contributed by atoms with E-state index in [4.69, 9.17) is 0 Å². The van der Waals surface area contributed by atoms with Gasteiger partial charge in [-0.3, -0.25) is 4.90 Å². The largest absolute Gasteiger partial charge is 0.388 e. The van der Waals surface area contributed by atoms with Gasteiger partial charge in [0.05, 0.1) is 5.60 Å². The van der Waals surface area contributed by atoms with Crippen molar-refractivity contribution >= 4 is 0 Å². The van der Waals surface area contributed by atoms with Crippen molar-refractivity contribution in [2.24, 2.45) is 0 Å². The molecule has 2 saturated heterocycles. The Kier molecular flexibility index (Phi) is 3.61. The van der Waals surface area contributed by atoms with E-state index in [-0.39, 0.29) is 0 Å². The summed E-state index contributed by atoms with van der Waals surface area (Å²) in [5.41, 5.74) is -0.427. The Morgan fingerprint density at radius 3 is 2.33 bits per heavy atom.